The Morgan fingerprint density at radius 1 is 1.18 bits per heavy atom. The number of hydrogen-bond acceptors (Lipinski definition) is 5. The predicted octanol–water partition coefficient (Wildman–Crippen LogP) is 2.65. The molecular formula is C17H17NO4. The van der Waals surface area contributed by atoms with E-state index in [-0.39, 0.29) is 23.9 Å². The molecule has 0 aromatic heterocycles. The maximum atomic E-state index is 12.2. The van der Waals surface area contributed by atoms with Crippen molar-refractivity contribution >= 4 is 23.2 Å². The van der Waals surface area contributed by atoms with E-state index in [9.17, 15) is 14.4 Å². The first kappa shape index (κ1) is 15.7. The van der Waals surface area contributed by atoms with E-state index in [1.54, 1.807) is 45.0 Å². The third kappa shape index (κ3) is 3.14. The van der Waals surface area contributed by atoms with E-state index in [1.165, 1.54) is 6.08 Å². The average Bonchev–Trinajstić information content (AvgIpc) is 2.51. The van der Waals surface area contributed by atoms with Crippen molar-refractivity contribution in [1.82, 2.24) is 0 Å². The Balaban J connectivity index is 2.23. The van der Waals surface area contributed by atoms with Crippen LogP contribution in [0.1, 0.15) is 31.1 Å². The number of ketones is 2. The quantitative estimate of drug-likeness (QED) is 0.683. The molecule has 1 aromatic rings. The Bertz CT molecular complexity index is 713. The number of carbonyl (C=O) groups is 3. The molecule has 2 rings (SSSR count). The van der Waals surface area contributed by atoms with E-state index in [4.69, 9.17) is 4.74 Å². The molecule has 0 aliphatic heterocycles. The van der Waals surface area contributed by atoms with Gasteiger partial charge in [-0.25, -0.2) is 4.79 Å². The van der Waals surface area contributed by atoms with Crippen LogP contribution in [0, 0.1) is 0 Å². The molecule has 114 valence electrons. The second kappa shape index (κ2) is 6.39. The van der Waals surface area contributed by atoms with Crippen LogP contribution in [0.3, 0.4) is 0 Å². The van der Waals surface area contributed by atoms with Gasteiger partial charge < -0.3 is 10.1 Å². The molecule has 0 spiro atoms. The van der Waals surface area contributed by atoms with Crippen LogP contribution in [0.15, 0.2) is 47.2 Å². The zero-order valence-corrected chi connectivity index (χ0v) is 12.7. The van der Waals surface area contributed by atoms with Crippen molar-refractivity contribution < 1.29 is 19.1 Å². The largest absolute Gasteiger partial charge is 0.462 e. The predicted molar refractivity (Wildman–Crippen MR) is 82.5 cm³/mol. The molecule has 1 aliphatic carbocycles. The van der Waals surface area contributed by atoms with Crippen molar-refractivity contribution in [2.75, 3.05) is 11.9 Å². The Labute approximate surface area is 128 Å². The van der Waals surface area contributed by atoms with E-state index in [1.807, 2.05) is 0 Å². The van der Waals surface area contributed by atoms with E-state index >= 15 is 0 Å². The molecule has 0 amide bonds. The van der Waals surface area contributed by atoms with Crippen molar-refractivity contribution in [2.45, 2.75) is 20.8 Å². The summed E-state index contributed by atoms with van der Waals surface area (Å²) < 4.78 is 4.93. The number of carbonyl (C=O) groups excluding carboxylic acids is 3. The zero-order valence-electron chi connectivity index (χ0n) is 12.7. The molecule has 0 bridgehead atoms. The SMILES string of the molecule is CCOC(=O)c1cccc(NC2=CC(=O)C(C)=C(C)C2=O)c1. The Morgan fingerprint density at radius 2 is 1.91 bits per heavy atom. The van der Waals surface area contributed by atoms with Crippen LogP contribution in [0.25, 0.3) is 0 Å². The number of allylic oxidation sites excluding steroid dienone is 3. The van der Waals surface area contributed by atoms with Gasteiger partial charge in [-0.3, -0.25) is 9.59 Å². The van der Waals surface area contributed by atoms with Gasteiger partial charge in [0.05, 0.1) is 17.9 Å². The molecule has 0 atom stereocenters. The van der Waals surface area contributed by atoms with Crippen molar-refractivity contribution in [3.63, 3.8) is 0 Å². The van der Waals surface area contributed by atoms with Gasteiger partial charge in [-0.05, 0) is 39.0 Å². The fourth-order valence-electron chi connectivity index (χ4n) is 2.05. The topological polar surface area (TPSA) is 72.5 Å². The van der Waals surface area contributed by atoms with Crippen molar-refractivity contribution in [3.8, 4) is 0 Å². The maximum absolute atomic E-state index is 12.2. The Hall–Kier alpha value is -2.69. The molecule has 0 saturated carbocycles. The van der Waals surface area contributed by atoms with Crippen LogP contribution < -0.4 is 5.32 Å². The van der Waals surface area contributed by atoms with Gasteiger partial charge in [0.2, 0.25) is 5.78 Å². The lowest BCUT2D eigenvalue weighted by Crippen LogP contribution is -2.21. The first-order valence-electron chi connectivity index (χ1n) is 6.96. The second-order valence-electron chi connectivity index (χ2n) is 4.93. The van der Waals surface area contributed by atoms with E-state index in [0.717, 1.165) is 0 Å². The normalized spacial score (nSPS) is 14.8. The number of anilines is 1. The highest BCUT2D eigenvalue weighted by Crippen LogP contribution is 2.21. The molecular weight excluding hydrogens is 282 g/mol. The van der Waals surface area contributed by atoms with Gasteiger partial charge in [-0.1, -0.05) is 6.07 Å². The molecule has 0 heterocycles. The summed E-state index contributed by atoms with van der Waals surface area (Å²) in [5, 5.41) is 2.90. The highest BCUT2D eigenvalue weighted by Gasteiger charge is 2.23. The van der Waals surface area contributed by atoms with E-state index in [0.29, 0.717) is 22.4 Å². The zero-order chi connectivity index (χ0) is 16.3. The smallest absolute Gasteiger partial charge is 0.338 e. The second-order valence-corrected chi connectivity index (χ2v) is 4.93. The molecule has 0 unspecified atom stereocenters. The summed E-state index contributed by atoms with van der Waals surface area (Å²) in [5.74, 6) is -0.849. The van der Waals surface area contributed by atoms with Crippen LogP contribution in [-0.4, -0.2) is 24.1 Å². The van der Waals surface area contributed by atoms with Crippen molar-refractivity contribution in [2.24, 2.45) is 0 Å². The summed E-state index contributed by atoms with van der Waals surface area (Å²) in [6, 6.07) is 6.60. The fraction of sp³-hybridized carbons (Fsp3) is 0.235. The lowest BCUT2D eigenvalue weighted by atomic mass is 9.95. The van der Waals surface area contributed by atoms with E-state index < -0.39 is 5.97 Å². The molecule has 22 heavy (non-hydrogen) atoms. The van der Waals surface area contributed by atoms with Crippen LogP contribution >= 0.6 is 0 Å². The average molecular weight is 299 g/mol. The minimum Gasteiger partial charge on any atom is -0.462 e. The van der Waals surface area contributed by atoms with Crippen molar-refractivity contribution in [1.29, 1.82) is 0 Å². The summed E-state index contributed by atoms with van der Waals surface area (Å²) in [7, 11) is 0. The first-order valence-corrected chi connectivity index (χ1v) is 6.96. The van der Waals surface area contributed by atoms with Crippen LogP contribution in [-0.2, 0) is 14.3 Å². The van der Waals surface area contributed by atoms with Gasteiger partial charge in [0.15, 0.2) is 5.78 Å². The van der Waals surface area contributed by atoms with Gasteiger partial charge in [0.1, 0.15) is 0 Å². The summed E-state index contributed by atoms with van der Waals surface area (Å²) in [5.41, 5.74) is 2.01. The number of rotatable bonds is 4. The van der Waals surface area contributed by atoms with Gasteiger partial charge >= 0.3 is 5.97 Å². The fourth-order valence-corrected chi connectivity index (χ4v) is 2.05. The van der Waals surface area contributed by atoms with Gasteiger partial charge in [-0.15, -0.1) is 0 Å². The standard InChI is InChI=1S/C17H17NO4/c1-4-22-17(21)12-6-5-7-13(8-12)18-14-9-15(19)10(2)11(3)16(14)20/h5-9,18H,4H2,1-3H3. The van der Waals surface area contributed by atoms with Gasteiger partial charge in [0, 0.05) is 22.9 Å². The minimum atomic E-state index is -0.432. The number of Topliss-reactive ketones (excluding diaryl/α,β-unsaturated/α-hetero) is 1. The lowest BCUT2D eigenvalue weighted by Gasteiger charge is -2.16. The minimum absolute atomic E-state index is 0.193. The molecule has 0 fully saturated rings. The third-order valence-electron chi connectivity index (χ3n) is 3.45. The van der Waals surface area contributed by atoms with Crippen LogP contribution in [0.2, 0.25) is 0 Å². The third-order valence-corrected chi connectivity index (χ3v) is 3.45. The number of hydrogen-bond donors (Lipinski definition) is 1. The summed E-state index contributed by atoms with van der Waals surface area (Å²) in [4.78, 5) is 35.7. The number of ether oxygens (including phenoxy) is 1. The number of benzene rings is 1. The molecule has 5 heteroatoms. The summed E-state index contributed by atoms with van der Waals surface area (Å²) in [6.45, 7) is 5.27. The molecule has 0 saturated heterocycles. The summed E-state index contributed by atoms with van der Waals surface area (Å²) >= 11 is 0. The highest BCUT2D eigenvalue weighted by atomic mass is 16.5. The Morgan fingerprint density at radius 3 is 2.59 bits per heavy atom. The molecule has 1 aliphatic rings. The number of nitrogens with one attached hydrogen (secondary N) is 1. The number of esters is 1. The van der Waals surface area contributed by atoms with Crippen LogP contribution in [0.4, 0.5) is 5.69 Å². The molecule has 0 radical (unpaired) electrons. The highest BCUT2D eigenvalue weighted by molar-refractivity contribution is 6.23. The van der Waals surface area contributed by atoms with Gasteiger partial charge in [0.25, 0.3) is 0 Å². The molecule has 5 nitrogen and oxygen atoms in total. The van der Waals surface area contributed by atoms with E-state index in [2.05, 4.69) is 5.32 Å². The summed E-state index contributed by atoms with van der Waals surface area (Å²) in [6.07, 6.45) is 1.28. The first-order chi connectivity index (χ1) is 10.4. The Kier molecular flexibility index (Phi) is 4.56. The maximum Gasteiger partial charge on any atom is 0.338 e. The molecule has 1 N–H and O–H groups in total. The lowest BCUT2D eigenvalue weighted by molar-refractivity contribution is -0.115. The van der Waals surface area contributed by atoms with Crippen LogP contribution in [0.5, 0.6) is 0 Å². The molecule has 1 aromatic carbocycles. The monoisotopic (exact) mass is 299 g/mol. The van der Waals surface area contributed by atoms with Gasteiger partial charge in [-0.2, -0.15) is 0 Å². The van der Waals surface area contributed by atoms with Crippen molar-refractivity contribution in [3.05, 3.63) is 52.7 Å².